The molecule has 1 unspecified atom stereocenters. The summed E-state index contributed by atoms with van der Waals surface area (Å²) in [6, 6.07) is 8.31. The molecule has 2 heteroatoms. The van der Waals surface area contributed by atoms with Crippen molar-refractivity contribution >= 4 is 0 Å². The van der Waals surface area contributed by atoms with Gasteiger partial charge in [0.2, 0.25) is 0 Å². The Bertz CT molecular complexity index is 322. The van der Waals surface area contributed by atoms with Gasteiger partial charge in [-0.05, 0) is 37.4 Å². The van der Waals surface area contributed by atoms with E-state index in [0.717, 1.165) is 25.3 Å². The Morgan fingerprint density at radius 2 is 1.88 bits per heavy atom. The predicted octanol–water partition coefficient (Wildman–Crippen LogP) is 3.58. The molecule has 0 amide bonds. The van der Waals surface area contributed by atoms with Crippen molar-refractivity contribution in [3.8, 4) is 5.75 Å². The third kappa shape index (κ3) is 4.78. The third-order valence-electron chi connectivity index (χ3n) is 2.73. The van der Waals surface area contributed by atoms with Crippen molar-refractivity contribution in [2.24, 2.45) is 0 Å². The average Bonchev–Trinajstić information content (AvgIpc) is 2.29. The number of rotatable bonds is 7. The van der Waals surface area contributed by atoms with Crippen LogP contribution in [-0.2, 0) is 0 Å². The summed E-state index contributed by atoms with van der Waals surface area (Å²) < 4.78 is 5.99. The van der Waals surface area contributed by atoms with Gasteiger partial charge >= 0.3 is 0 Å². The van der Waals surface area contributed by atoms with Crippen LogP contribution in [0.1, 0.15) is 45.6 Å². The van der Waals surface area contributed by atoms with Gasteiger partial charge < -0.3 is 10.1 Å². The molecule has 0 heterocycles. The Balaban J connectivity index is 2.55. The summed E-state index contributed by atoms with van der Waals surface area (Å²) in [6.07, 6.45) is 1.37. The van der Waals surface area contributed by atoms with Crippen LogP contribution in [0.5, 0.6) is 5.75 Å². The molecule has 0 spiro atoms. The van der Waals surface area contributed by atoms with E-state index in [4.69, 9.17) is 4.74 Å². The quantitative estimate of drug-likeness (QED) is 0.729. The first-order valence-corrected chi connectivity index (χ1v) is 6.61. The Morgan fingerprint density at radius 1 is 1.18 bits per heavy atom. The van der Waals surface area contributed by atoms with Crippen molar-refractivity contribution in [1.82, 2.24) is 5.32 Å². The minimum atomic E-state index is 0.210. The number of ether oxygens (including phenoxy) is 1. The molecule has 0 aliphatic rings. The van der Waals surface area contributed by atoms with Gasteiger partial charge in [-0.25, -0.2) is 0 Å². The number of hydrogen-bond donors (Lipinski definition) is 1. The van der Waals surface area contributed by atoms with Gasteiger partial charge in [-0.3, -0.25) is 0 Å². The maximum Gasteiger partial charge on any atom is 0.123 e. The van der Waals surface area contributed by atoms with Gasteiger partial charge in [0.15, 0.2) is 0 Å². The van der Waals surface area contributed by atoms with Gasteiger partial charge in [-0.2, -0.15) is 0 Å². The smallest absolute Gasteiger partial charge is 0.123 e. The Hall–Kier alpha value is -1.02. The number of hydrogen-bond acceptors (Lipinski definition) is 2. The maximum absolute atomic E-state index is 5.99. The van der Waals surface area contributed by atoms with Gasteiger partial charge in [-0.1, -0.05) is 39.0 Å². The number of para-hydroxylation sites is 1. The standard InChI is InChI=1S/C15H25NO/c1-5-10-16-11-13(4)17-15-9-7-6-8-14(15)12(2)3/h6-9,12-13,16H,5,10-11H2,1-4H3. The summed E-state index contributed by atoms with van der Waals surface area (Å²) in [6.45, 7) is 10.6. The van der Waals surface area contributed by atoms with E-state index in [1.807, 2.05) is 6.07 Å². The van der Waals surface area contributed by atoms with E-state index in [2.05, 4.69) is 51.2 Å². The van der Waals surface area contributed by atoms with Crippen LogP contribution in [0, 0.1) is 0 Å². The highest BCUT2D eigenvalue weighted by Gasteiger charge is 2.09. The van der Waals surface area contributed by atoms with E-state index in [0.29, 0.717) is 5.92 Å². The normalized spacial score (nSPS) is 12.8. The van der Waals surface area contributed by atoms with E-state index >= 15 is 0 Å². The van der Waals surface area contributed by atoms with Crippen molar-refractivity contribution in [2.45, 2.75) is 46.1 Å². The van der Waals surface area contributed by atoms with Gasteiger partial charge in [0.25, 0.3) is 0 Å². The molecular weight excluding hydrogens is 210 g/mol. The molecule has 0 radical (unpaired) electrons. The lowest BCUT2D eigenvalue weighted by molar-refractivity contribution is 0.215. The molecule has 2 nitrogen and oxygen atoms in total. The molecule has 1 atom stereocenters. The zero-order chi connectivity index (χ0) is 12.7. The molecule has 96 valence electrons. The molecule has 0 aromatic heterocycles. The van der Waals surface area contributed by atoms with E-state index in [9.17, 15) is 0 Å². The maximum atomic E-state index is 5.99. The first kappa shape index (κ1) is 14.0. The van der Waals surface area contributed by atoms with Crippen LogP contribution in [0.25, 0.3) is 0 Å². The van der Waals surface area contributed by atoms with Gasteiger partial charge in [-0.15, -0.1) is 0 Å². The molecule has 0 saturated heterocycles. The highest BCUT2D eigenvalue weighted by atomic mass is 16.5. The third-order valence-corrected chi connectivity index (χ3v) is 2.73. The minimum Gasteiger partial charge on any atom is -0.489 e. The summed E-state index contributed by atoms with van der Waals surface area (Å²) in [7, 11) is 0. The minimum absolute atomic E-state index is 0.210. The molecule has 0 bridgehead atoms. The fourth-order valence-corrected chi connectivity index (χ4v) is 1.81. The molecule has 0 aliphatic carbocycles. The first-order valence-electron chi connectivity index (χ1n) is 6.61. The van der Waals surface area contributed by atoms with Crippen molar-refractivity contribution in [3.05, 3.63) is 29.8 Å². The van der Waals surface area contributed by atoms with Crippen LogP contribution in [0.15, 0.2) is 24.3 Å². The summed E-state index contributed by atoms with van der Waals surface area (Å²) >= 11 is 0. The molecular formula is C15H25NO. The largest absolute Gasteiger partial charge is 0.489 e. The summed E-state index contributed by atoms with van der Waals surface area (Å²) in [5.74, 6) is 1.52. The second kappa shape index (κ2) is 7.33. The molecule has 17 heavy (non-hydrogen) atoms. The van der Waals surface area contributed by atoms with Crippen LogP contribution in [0.4, 0.5) is 0 Å². The molecule has 0 saturated carbocycles. The molecule has 1 aromatic rings. The van der Waals surface area contributed by atoms with Gasteiger partial charge in [0, 0.05) is 6.54 Å². The van der Waals surface area contributed by atoms with Crippen molar-refractivity contribution in [1.29, 1.82) is 0 Å². The fraction of sp³-hybridized carbons (Fsp3) is 0.600. The molecule has 1 aromatic carbocycles. The summed E-state index contributed by atoms with van der Waals surface area (Å²) in [4.78, 5) is 0. The van der Waals surface area contributed by atoms with Gasteiger partial charge in [0.1, 0.15) is 11.9 Å². The molecule has 1 N–H and O–H groups in total. The number of nitrogens with one attached hydrogen (secondary N) is 1. The van der Waals surface area contributed by atoms with Crippen molar-refractivity contribution in [2.75, 3.05) is 13.1 Å². The summed E-state index contributed by atoms with van der Waals surface area (Å²) in [5.41, 5.74) is 1.29. The number of benzene rings is 1. The Labute approximate surface area is 105 Å². The highest BCUT2D eigenvalue weighted by Crippen LogP contribution is 2.26. The second-order valence-corrected chi connectivity index (χ2v) is 4.83. The van der Waals surface area contributed by atoms with E-state index in [-0.39, 0.29) is 6.10 Å². The van der Waals surface area contributed by atoms with Crippen molar-refractivity contribution in [3.63, 3.8) is 0 Å². The first-order chi connectivity index (χ1) is 8.15. The van der Waals surface area contributed by atoms with Crippen LogP contribution < -0.4 is 10.1 Å². The Morgan fingerprint density at radius 3 is 2.53 bits per heavy atom. The molecule has 1 rings (SSSR count). The van der Waals surface area contributed by atoms with Crippen LogP contribution in [0.3, 0.4) is 0 Å². The Kier molecular flexibility index (Phi) is 6.06. The molecule has 0 fully saturated rings. The molecule has 0 aliphatic heterocycles. The van der Waals surface area contributed by atoms with E-state index in [1.54, 1.807) is 0 Å². The predicted molar refractivity (Wildman–Crippen MR) is 73.8 cm³/mol. The lowest BCUT2D eigenvalue weighted by atomic mass is 10.0. The SMILES string of the molecule is CCCNCC(C)Oc1ccccc1C(C)C. The average molecular weight is 235 g/mol. The zero-order valence-electron chi connectivity index (χ0n) is 11.5. The highest BCUT2D eigenvalue weighted by molar-refractivity contribution is 5.35. The van der Waals surface area contributed by atoms with Crippen LogP contribution in [-0.4, -0.2) is 19.2 Å². The lowest BCUT2D eigenvalue weighted by Gasteiger charge is -2.19. The van der Waals surface area contributed by atoms with E-state index in [1.165, 1.54) is 5.56 Å². The van der Waals surface area contributed by atoms with Crippen LogP contribution in [0.2, 0.25) is 0 Å². The lowest BCUT2D eigenvalue weighted by Crippen LogP contribution is -2.29. The summed E-state index contributed by atoms with van der Waals surface area (Å²) in [5, 5.41) is 3.38. The second-order valence-electron chi connectivity index (χ2n) is 4.83. The van der Waals surface area contributed by atoms with E-state index < -0.39 is 0 Å². The topological polar surface area (TPSA) is 21.3 Å². The van der Waals surface area contributed by atoms with Crippen LogP contribution >= 0.6 is 0 Å². The van der Waals surface area contributed by atoms with Gasteiger partial charge in [0.05, 0.1) is 0 Å². The monoisotopic (exact) mass is 235 g/mol. The zero-order valence-corrected chi connectivity index (χ0v) is 11.5. The fourth-order valence-electron chi connectivity index (χ4n) is 1.81. The van der Waals surface area contributed by atoms with Crippen molar-refractivity contribution < 1.29 is 4.74 Å².